The van der Waals surface area contributed by atoms with E-state index < -0.39 is 0 Å². The van der Waals surface area contributed by atoms with Crippen molar-refractivity contribution in [3.05, 3.63) is 0 Å². The predicted octanol–water partition coefficient (Wildman–Crippen LogP) is 2.95. The maximum absolute atomic E-state index is 12.5. The maximum Gasteiger partial charge on any atom is 0.246 e. The van der Waals surface area contributed by atoms with Crippen LogP contribution in [0.1, 0.15) is 64.7 Å². The molecule has 0 aromatic heterocycles. The number of alkyl halides is 2. The highest BCUT2D eigenvalue weighted by Crippen LogP contribution is 2.29. The molecule has 5 atom stereocenters. The lowest BCUT2D eigenvalue weighted by Crippen LogP contribution is -2.47. The van der Waals surface area contributed by atoms with Crippen molar-refractivity contribution in [2.45, 2.75) is 93.7 Å². The van der Waals surface area contributed by atoms with Crippen molar-refractivity contribution in [3.63, 3.8) is 0 Å². The van der Waals surface area contributed by atoms with Crippen LogP contribution in [0.15, 0.2) is 0 Å². The van der Waals surface area contributed by atoms with Gasteiger partial charge in [0, 0.05) is 24.5 Å². The van der Waals surface area contributed by atoms with E-state index in [0.717, 1.165) is 57.4 Å². The summed E-state index contributed by atoms with van der Waals surface area (Å²) in [5.74, 6) is 0.864. The van der Waals surface area contributed by atoms with Crippen LogP contribution in [0.5, 0.6) is 0 Å². The minimum atomic E-state index is -0.0904. The van der Waals surface area contributed by atoms with E-state index in [2.05, 4.69) is 22.9 Å². The molecule has 3 N–H and O–H groups in total. The van der Waals surface area contributed by atoms with Gasteiger partial charge in [0.1, 0.15) is 6.61 Å². The highest BCUT2D eigenvalue weighted by Gasteiger charge is 2.30. The van der Waals surface area contributed by atoms with Crippen LogP contribution in [0.3, 0.4) is 0 Å². The Morgan fingerprint density at radius 3 is 2.43 bits per heavy atom. The molecule has 1 saturated heterocycles. The second-order valence-electron chi connectivity index (χ2n) is 9.43. The molecule has 3 fully saturated rings. The van der Waals surface area contributed by atoms with E-state index in [0.29, 0.717) is 19.0 Å². The van der Waals surface area contributed by atoms with E-state index >= 15 is 0 Å². The summed E-state index contributed by atoms with van der Waals surface area (Å²) < 4.78 is 5.74. The maximum atomic E-state index is 12.5. The molecule has 8 heteroatoms. The molecule has 1 heterocycles. The lowest BCUT2D eigenvalue weighted by Gasteiger charge is -2.31. The Kier molecular flexibility index (Phi) is 9.55. The molecular formula is C22H37Cl2N3O3. The fraction of sp³-hybridized carbons (Fsp3) is 0.909. The van der Waals surface area contributed by atoms with Gasteiger partial charge in [-0.2, -0.15) is 0 Å². The number of halogens is 2. The topological polar surface area (TPSA) is 79.5 Å². The number of carbonyl (C=O) groups excluding carboxylic acids is 2. The van der Waals surface area contributed by atoms with Crippen molar-refractivity contribution in [3.8, 4) is 0 Å². The van der Waals surface area contributed by atoms with Gasteiger partial charge in [0.25, 0.3) is 0 Å². The van der Waals surface area contributed by atoms with Crippen LogP contribution in [0.4, 0.5) is 0 Å². The van der Waals surface area contributed by atoms with Crippen molar-refractivity contribution in [2.24, 2.45) is 11.8 Å². The monoisotopic (exact) mass is 461 g/mol. The summed E-state index contributed by atoms with van der Waals surface area (Å²) in [6.07, 6.45) is 8.04. The smallest absolute Gasteiger partial charge is 0.246 e. The van der Waals surface area contributed by atoms with Gasteiger partial charge in [0.2, 0.25) is 11.8 Å². The summed E-state index contributed by atoms with van der Waals surface area (Å²) in [4.78, 5) is 24.7. The highest BCUT2D eigenvalue weighted by molar-refractivity contribution is 6.30. The van der Waals surface area contributed by atoms with E-state index in [9.17, 15) is 9.59 Å². The van der Waals surface area contributed by atoms with Gasteiger partial charge in [-0.3, -0.25) is 9.59 Å². The molecule has 6 nitrogen and oxygen atoms in total. The molecule has 3 rings (SSSR count). The summed E-state index contributed by atoms with van der Waals surface area (Å²) in [7, 11) is 0. The zero-order valence-electron chi connectivity index (χ0n) is 18.0. The second-order valence-corrected chi connectivity index (χ2v) is 10.5. The third-order valence-corrected chi connectivity index (χ3v) is 7.98. The van der Waals surface area contributed by atoms with E-state index in [1.807, 2.05) is 0 Å². The molecule has 0 aromatic rings. The Labute approximate surface area is 190 Å². The van der Waals surface area contributed by atoms with Gasteiger partial charge in [-0.05, 0) is 70.3 Å². The van der Waals surface area contributed by atoms with Crippen molar-refractivity contribution < 1.29 is 14.3 Å². The first-order valence-electron chi connectivity index (χ1n) is 11.6. The van der Waals surface area contributed by atoms with Gasteiger partial charge in [-0.25, -0.2) is 0 Å². The lowest BCUT2D eigenvalue weighted by molar-refractivity contribution is -0.129. The van der Waals surface area contributed by atoms with Crippen molar-refractivity contribution in [1.29, 1.82) is 0 Å². The Hall–Kier alpha value is -0.560. The summed E-state index contributed by atoms with van der Waals surface area (Å²) in [5.41, 5.74) is 0. The van der Waals surface area contributed by atoms with Gasteiger partial charge in [-0.1, -0.05) is 6.92 Å². The second kappa shape index (κ2) is 11.9. The van der Waals surface area contributed by atoms with E-state index in [-0.39, 0.29) is 47.2 Å². The molecule has 0 radical (unpaired) electrons. The summed E-state index contributed by atoms with van der Waals surface area (Å²) >= 11 is 12.3. The standard InChI is InChI=1S/C22H37Cl2N3O3/c1-14-2-5-17(25-11-14)12-26-22(29)15-3-6-16(7-4-15)27-21(28)13-30-18-8-9-19(23)20(24)10-18/h14-20,25H,2-13H2,1H3,(H,26,29)(H,27,28). The number of hydrogen-bond acceptors (Lipinski definition) is 4. The lowest BCUT2D eigenvalue weighted by atomic mass is 9.85. The SMILES string of the molecule is CC1CCC(CNC(=O)C2CCC(NC(=O)COC3CCC(Cl)C(Cl)C3)CC2)NC1. The Bertz CT molecular complexity index is 564. The third-order valence-electron chi connectivity index (χ3n) is 6.84. The fourth-order valence-electron chi connectivity index (χ4n) is 4.76. The Morgan fingerprint density at radius 1 is 1.00 bits per heavy atom. The summed E-state index contributed by atoms with van der Waals surface area (Å²) in [6.45, 7) is 4.07. The van der Waals surface area contributed by atoms with Crippen molar-refractivity contribution in [2.75, 3.05) is 19.7 Å². The first-order valence-corrected chi connectivity index (χ1v) is 12.5. The molecule has 172 valence electrons. The van der Waals surface area contributed by atoms with Gasteiger partial charge in [0.05, 0.1) is 16.9 Å². The number of nitrogens with one attached hydrogen (secondary N) is 3. The molecule has 30 heavy (non-hydrogen) atoms. The van der Waals surface area contributed by atoms with E-state index in [1.165, 1.54) is 6.42 Å². The van der Waals surface area contributed by atoms with Crippen LogP contribution in [-0.4, -0.2) is 60.5 Å². The van der Waals surface area contributed by atoms with Crippen LogP contribution < -0.4 is 16.0 Å². The van der Waals surface area contributed by atoms with Gasteiger partial charge in [0.15, 0.2) is 0 Å². The number of hydrogen-bond donors (Lipinski definition) is 3. The molecule has 1 aliphatic heterocycles. The van der Waals surface area contributed by atoms with Gasteiger partial charge in [-0.15, -0.1) is 23.2 Å². The van der Waals surface area contributed by atoms with Crippen LogP contribution in [0.2, 0.25) is 0 Å². The quantitative estimate of drug-likeness (QED) is 0.509. The fourth-order valence-corrected chi connectivity index (χ4v) is 5.31. The normalized spacial score (nSPS) is 37.4. The molecule has 0 aromatic carbocycles. The molecule has 3 aliphatic rings. The minimum absolute atomic E-state index is 0.00430. The molecule has 0 bridgehead atoms. The van der Waals surface area contributed by atoms with E-state index in [4.69, 9.17) is 27.9 Å². The average molecular weight is 462 g/mol. The zero-order valence-corrected chi connectivity index (χ0v) is 19.5. The largest absolute Gasteiger partial charge is 0.368 e. The molecule has 2 aliphatic carbocycles. The van der Waals surface area contributed by atoms with Crippen LogP contribution >= 0.6 is 23.2 Å². The number of piperidine rings is 1. The molecule has 2 saturated carbocycles. The molecule has 0 spiro atoms. The van der Waals surface area contributed by atoms with Crippen LogP contribution in [-0.2, 0) is 14.3 Å². The number of amides is 2. The Balaban J connectivity index is 1.27. The first kappa shape index (κ1) is 24.1. The van der Waals surface area contributed by atoms with E-state index in [1.54, 1.807) is 0 Å². The number of rotatable bonds is 7. The first-order chi connectivity index (χ1) is 14.4. The van der Waals surface area contributed by atoms with Crippen LogP contribution in [0.25, 0.3) is 0 Å². The summed E-state index contributed by atoms with van der Waals surface area (Å²) in [5, 5.41) is 9.60. The minimum Gasteiger partial charge on any atom is -0.368 e. The van der Waals surface area contributed by atoms with Gasteiger partial charge < -0.3 is 20.7 Å². The molecule has 2 amide bonds. The zero-order chi connectivity index (χ0) is 21.5. The summed E-state index contributed by atoms with van der Waals surface area (Å²) in [6, 6.07) is 0.528. The molecule has 5 unspecified atom stereocenters. The number of ether oxygens (including phenoxy) is 1. The van der Waals surface area contributed by atoms with Crippen molar-refractivity contribution >= 4 is 35.0 Å². The predicted molar refractivity (Wildman–Crippen MR) is 120 cm³/mol. The number of carbonyl (C=O) groups is 2. The molecular weight excluding hydrogens is 425 g/mol. The average Bonchev–Trinajstić information content (AvgIpc) is 2.74. The van der Waals surface area contributed by atoms with Gasteiger partial charge >= 0.3 is 0 Å². The van der Waals surface area contributed by atoms with Crippen molar-refractivity contribution in [1.82, 2.24) is 16.0 Å². The highest BCUT2D eigenvalue weighted by atomic mass is 35.5. The van der Waals surface area contributed by atoms with Crippen LogP contribution in [0, 0.1) is 11.8 Å². The third kappa shape index (κ3) is 7.54. The Morgan fingerprint density at radius 2 is 1.77 bits per heavy atom.